The number of thiazole rings is 1. The summed E-state index contributed by atoms with van der Waals surface area (Å²) in [5, 5.41) is 4.24. The molecule has 0 aliphatic carbocycles. The Balaban J connectivity index is 1.56. The third-order valence-electron chi connectivity index (χ3n) is 4.99. The summed E-state index contributed by atoms with van der Waals surface area (Å²) in [4.78, 5) is 45.6. The van der Waals surface area contributed by atoms with E-state index < -0.39 is 35.1 Å². The molecule has 1 aromatic carbocycles. The number of carbonyl (C=O) groups excluding carboxylic acids is 1. The second kappa shape index (κ2) is 8.94. The Kier molecular flexibility index (Phi) is 6.15. The smallest absolute Gasteiger partial charge is 0.403 e. The molecule has 4 aromatic rings. The monoisotopic (exact) mass is 509 g/mol. The molecule has 0 unspecified atom stereocenters. The van der Waals surface area contributed by atoms with Crippen LogP contribution in [-0.2, 0) is 25.3 Å². The van der Waals surface area contributed by atoms with Crippen molar-refractivity contribution in [1.29, 1.82) is 0 Å². The summed E-state index contributed by atoms with van der Waals surface area (Å²) >= 11 is 0.989. The van der Waals surface area contributed by atoms with E-state index in [0.29, 0.717) is 5.52 Å². The van der Waals surface area contributed by atoms with Gasteiger partial charge in [-0.05, 0) is 24.3 Å². The molecule has 14 heteroatoms. The molecule has 182 valence electrons. The molecule has 1 amide bonds. The zero-order valence-electron chi connectivity index (χ0n) is 18.0. The van der Waals surface area contributed by atoms with Crippen molar-refractivity contribution >= 4 is 33.3 Å². The molecular formula is C21H15F4N5O4S. The van der Waals surface area contributed by atoms with Gasteiger partial charge in [0.2, 0.25) is 5.91 Å². The molecule has 0 bridgehead atoms. The first-order valence-corrected chi connectivity index (χ1v) is 10.7. The van der Waals surface area contributed by atoms with Gasteiger partial charge in [0.15, 0.2) is 16.7 Å². The number of aromatic nitrogens is 4. The van der Waals surface area contributed by atoms with Gasteiger partial charge >= 0.3 is 12.1 Å². The Bertz CT molecular complexity index is 1570. The summed E-state index contributed by atoms with van der Waals surface area (Å²) in [6, 6.07) is 4.38. The third-order valence-corrected chi connectivity index (χ3v) is 5.75. The van der Waals surface area contributed by atoms with Gasteiger partial charge in [-0.1, -0.05) is 0 Å². The Morgan fingerprint density at radius 1 is 1.17 bits per heavy atom. The van der Waals surface area contributed by atoms with E-state index in [4.69, 9.17) is 0 Å². The lowest BCUT2D eigenvalue weighted by Crippen LogP contribution is -2.37. The normalized spacial score (nSPS) is 11.6. The number of anilines is 1. The maximum atomic E-state index is 13.7. The Morgan fingerprint density at radius 2 is 1.91 bits per heavy atom. The maximum absolute atomic E-state index is 13.7. The zero-order valence-corrected chi connectivity index (χ0v) is 18.8. The van der Waals surface area contributed by atoms with Crippen LogP contribution in [0, 0.1) is 5.82 Å². The minimum absolute atomic E-state index is 0.119. The maximum Gasteiger partial charge on any atom is 0.573 e. The highest BCUT2D eigenvalue weighted by atomic mass is 32.1. The molecule has 1 N–H and O–H groups in total. The Morgan fingerprint density at radius 3 is 2.63 bits per heavy atom. The van der Waals surface area contributed by atoms with Crippen LogP contribution < -0.4 is 21.3 Å². The summed E-state index contributed by atoms with van der Waals surface area (Å²) in [6.07, 6.45) is -4.00. The van der Waals surface area contributed by atoms with Gasteiger partial charge in [-0.25, -0.2) is 14.2 Å². The first kappa shape index (κ1) is 24.1. The van der Waals surface area contributed by atoms with Crippen LogP contribution in [0.25, 0.3) is 22.2 Å². The van der Waals surface area contributed by atoms with Gasteiger partial charge in [-0.2, -0.15) is 0 Å². The van der Waals surface area contributed by atoms with Crippen LogP contribution >= 0.6 is 11.3 Å². The van der Waals surface area contributed by atoms with Crippen LogP contribution in [0.2, 0.25) is 0 Å². The lowest BCUT2D eigenvalue weighted by Gasteiger charge is -2.10. The molecule has 0 spiro atoms. The molecule has 0 saturated carbocycles. The number of amides is 1. The van der Waals surface area contributed by atoms with Crippen molar-refractivity contribution < 1.29 is 27.1 Å². The number of hydrogen-bond acceptors (Lipinski definition) is 7. The molecular weight excluding hydrogens is 494 g/mol. The summed E-state index contributed by atoms with van der Waals surface area (Å²) in [5.74, 6) is -2.77. The van der Waals surface area contributed by atoms with Crippen molar-refractivity contribution in [3.8, 4) is 17.0 Å². The molecule has 0 radical (unpaired) electrons. The number of carbonyl (C=O) groups is 1. The van der Waals surface area contributed by atoms with E-state index in [1.165, 1.54) is 42.4 Å². The highest BCUT2D eigenvalue weighted by Crippen LogP contribution is 2.32. The van der Waals surface area contributed by atoms with E-state index in [2.05, 4.69) is 20.0 Å². The predicted octanol–water partition coefficient (Wildman–Crippen LogP) is 2.97. The van der Waals surface area contributed by atoms with Gasteiger partial charge in [-0.3, -0.25) is 23.7 Å². The number of fused-ring (bicyclic) bond motifs is 1. The van der Waals surface area contributed by atoms with Gasteiger partial charge in [0.05, 0.1) is 28.7 Å². The standard InChI is InChI=1S/C21H15F4N5O4S/c1-29-14-5-6-26-12(17(14)18(32)30(2)20(29)33)8-16(31)28-19-27-13(9-35-19)10-3-4-11(22)15(7-10)34-21(23,24)25/h3-7,9H,8H2,1-2H3,(H,27,28,31). The third kappa shape index (κ3) is 4.91. The topological polar surface area (TPSA) is 108 Å². The predicted molar refractivity (Wildman–Crippen MR) is 119 cm³/mol. The van der Waals surface area contributed by atoms with Crippen molar-refractivity contribution in [1.82, 2.24) is 19.1 Å². The Hall–Kier alpha value is -4.07. The molecule has 3 heterocycles. The molecule has 0 saturated heterocycles. The van der Waals surface area contributed by atoms with E-state index in [0.717, 1.165) is 28.0 Å². The highest BCUT2D eigenvalue weighted by molar-refractivity contribution is 7.14. The van der Waals surface area contributed by atoms with E-state index in [9.17, 15) is 31.9 Å². The SMILES string of the molecule is Cn1c(=O)c2c(CC(=O)Nc3nc(-c4ccc(F)c(OC(F)(F)F)c4)cs3)nccc2n(C)c1=O. The first-order valence-electron chi connectivity index (χ1n) is 9.79. The number of halogens is 4. The number of ether oxygens (including phenoxy) is 1. The molecule has 35 heavy (non-hydrogen) atoms. The van der Waals surface area contributed by atoms with E-state index in [1.54, 1.807) is 0 Å². The first-order chi connectivity index (χ1) is 16.4. The fourth-order valence-electron chi connectivity index (χ4n) is 3.37. The zero-order chi connectivity index (χ0) is 25.5. The summed E-state index contributed by atoms with van der Waals surface area (Å²) in [7, 11) is 2.81. The fourth-order valence-corrected chi connectivity index (χ4v) is 4.10. The second-order valence-electron chi connectivity index (χ2n) is 7.31. The average Bonchev–Trinajstić information content (AvgIpc) is 3.25. The van der Waals surface area contributed by atoms with Crippen LogP contribution in [0.4, 0.5) is 22.7 Å². The minimum Gasteiger partial charge on any atom is -0.403 e. The average molecular weight is 509 g/mol. The van der Waals surface area contributed by atoms with Crippen LogP contribution in [0.5, 0.6) is 5.75 Å². The summed E-state index contributed by atoms with van der Waals surface area (Å²) in [6.45, 7) is 0. The molecule has 3 aromatic heterocycles. The van der Waals surface area contributed by atoms with E-state index in [-0.39, 0.29) is 33.9 Å². The van der Waals surface area contributed by atoms with Crippen molar-refractivity contribution in [2.45, 2.75) is 12.8 Å². The number of nitrogens with zero attached hydrogens (tertiary/aromatic N) is 4. The number of benzene rings is 1. The van der Waals surface area contributed by atoms with E-state index >= 15 is 0 Å². The number of pyridine rings is 1. The van der Waals surface area contributed by atoms with Crippen LogP contribution in [0.15, 0.2) is 45.4 Å². The quantitative estimate of drug-likeness (QED) is 0.415. The molecule has 0 atom stereocenters. The van der Waals surface area contributed by atoms with Gasteiger partial charge in [0.1, 0.15) is 0 Å². The molecule has 9 nitrogen and oxygen atoms in total. The van der Waals surface area contributed by atoms with Crippen LogP contribution in [-0.4, -0.2) is 31.4 Å². The molecule has 0 aliphatic heterocycles. The number of rotatable bonds is 5. The van der Waals surface area contributed by atoms with Gasteiger partial charge in [0, 0.05) is 31.2 Å². The molecule has 4 rings (SSSR count). The van der Waals surface area contributed by atoms with Crippen molar-refractivity contribution in [3.05, 3.63) is 68.2 Å². The summed E-state index contributed by atoms with van der Waals surface area (Å²) < 4.78 is 57.0. The lowest BCUT2D eigenvalue weighted by molar-refractivity contribution is -0.275. The number of nitrogens with one attached hydrogen (secondary N) is 1. The van der Waals surface area contributed by atoms with Crippen molar-refractivity contribution in [2.75, 3.05) is 5.32 Å². The second-order valence-corrected chi connectivity index (χ2v) is 8.17. The van der Waals surface area contributed by atoms with Gasteiger partial charge in [0.25, 0.3) is 5.56 Å². The van der Waals surface area contributed by atoms with Gasteiger partial charge in [-0.15, -0.1) is 24.5 Å². The van der Waals surface area contributed by atoms with Crippen LogP contribution in [0.3, 0.4) is 0 Å². The van der Waals surface area contributed by atoms with E-state index in [1.807, 2.05) is 0 Å². The lowest BCUT2D eigenvalue weighted by atomic mass is 10.1. The van der Waals surface area contributed by atoms with Crippen LogP contribution in [0.1, 0.15) is 5.69 Å². The van der Waals surface area contributed by atoms with Crippen molar-refractivity contribution in [3.63, 3.8) is 0 Å². The van der Waals surface area contributed by atoms with Crippen molar-refractivity contribution in [2.24, 2.45) is 14.1 Å². The number of alkyl halides is 3. The molecule has 0 aliphatic rings. The summed E-state index contributed by atoms with van der Waals surface area (Å²) in [5.41, 5.74) is -0.319. The largest absolute Gasteiger partial charge is 0.573 e. The highest BCUT2D eigenvalue weighted by Gasteiger charge is 2.32. The number of hydrogen-bond donors (Lipinski definition) is 1. The van der Waals surface area contributed by atoms with Gasteiger partial charge < -0.3 is 10.1 Å². The number of aryl methyl sites for hydroxylation is 1. The minimum atomic E-state index is -5.07. The fraction of sp³-hybridized carbons (Fsp3) is 0.190. The molecule has 0 fully saturated rings. The Labute approximate surface area is 197 Å².